The maximum absolute atomic E-state index is 13.3. The Bertz CT molecular complexity index is 1500. The minimum Gasteiger partial charge on any atom is -0.318 e. The molecule has 0 saturated heterocycles. The van der Waals surface area contributed by atoms with E-state index in [2.05, 4.69) is 33.8 Å². The summed E-state index contributed by atoms with van der Waals surface area (Å²) in [6, 6.07) is 7.92. The number of benzene rings is 2. The lowest BCUT2D eigenvalue weighted by Crippen LogP contribution is -2.27. The van der Waals surface area contributed by atoms with Crippen molar-refractivity contribution >= 4 is 40.6 Å². The van der Waals surface area contributed by atoms with Crippen LogP contribution in [0.25, 0.3) is 11.1 Å². The van der Waals surface area contributed by atoms with Crippen molar-refractivity contribution < 1.29 is 33.8 Å². The molecule has 11 nitrogen and oxygen atoms in total. The minimum atomic E-state index is -0.712. The molecular weight excluding hydrogens is 542 g/mol. The van der Waals surface area contributed by atoms with Gasteiger partial charge in [-0.25, -0.2) is 9.59 Å². The summed E-state index contributed by atoms with van der Waals surface area (Å²) in [5.74, 6) is -2.41. The number of carbonyl (C=O) groups is 4. The Morgan fingerprint density at radius 2 is 1.29 bits per heavy atom. The summed E-state index contributed by atoms with van der Waals surface area (Å²) >= 11 is 0. The van der Waals surface area contributed by atoms with Gasteiger partial charge >= 0.3 is 11.9 Å². The van der Waals surface area contributed by atoms with E-state index < -0.39 is 33.8 Å². The lowest BCUT2D eigenvalue weighted by molar-refractivity contribution is -0.384. The maximum Gasteiger partial charge on any atom is 0.331 e. The van der Waals surface area contributed by atoms with Crippen LogP contribution in [0.5, 0.6) is 0 Å². The fourth-order valence-corrected chi connectivity index (χ4v) is 5.39. The Hall–Kier alpha value is -4.54. The van der Waals surface area contributed by atoms with E-state index in [1.807, 2.05) is 0 Å². The first-order valence-corrected chi connectivity index (χ1v) is 13.9. The zero-order valence-electron chi connectivity index (χ0n) is 24.7. The number of nitro benzene ring substituents is 1. The van der Waals surface area contributed by atoms with Crippen molar-refractivity contribution in [2.45, 2.75) is 85.5 Å². The van der Waals surface area contributed by atoms with Crippen molar-refractivity contribution in [3.63, 3.8) is 0 Å². The third-order valence-electron chi connectivity index (χ3n) is 7.35. The van der Waals surface area contributed by atoms with Crippen LogP contribution in [0, 0.1) is 10.1 Å². The monoisotopic (exact) mass is 577 g/mol. The second-order valence-electron chi connectivity index (χ2n) is 10.4. The normalized spacial score (nSPS) is 13.7. The van der Waals surface area contributed by atoms with Gasteiger partial charge in [-0.15, -0.1) is 0 Å². The van der Waals surface area contributed by atoms with E-state index in [-0.39, 0.29) is 22.7 Å². The van der Waals surface area contributed by atoms with Gasteiger partial charge in [0.2, 0.25) is 11.6 Å². The van der Waals surface area contributed by atoms with E-state index in [1.165, 1.54) is 26.8 Å². The van der Waals surface area contributed by atoms with E-state index in [9.17, 15) is 29.3 Å². The lowest BCUT2D eigenvalue weighted by Gasteiger charge is -2.33. The molecule has 0 aliphatic heterocycles. The lowest BCUT2D eigenvalue weighted by atomic mass is 9.70. The second-order valence-corrected chi connectivity index (χ2v) is 10.4. The van der Waals surface area contributed by atoms with Gasteiger partial charge in [-0.3, -0.25) is 19.7 Å². The number of nitro groups is 1. The van der Waals surface area contributed by atoms with Crippen molar-refractivity contribution in [2.75, 3.05) is 0 Å². The third-order valence-corrected chi connectivity index (χ3v) is 7.35. The Morgan fingerprint density at radius 3 is 1.76 bits per heavy atom. The molecule has 0 saturated carbocycles. The van der Waals surface area contributed by atoms with Gasteiger partial charge < -0.3 is 9.68 Å². The van der Waals surface area contributed by atoms with E-state index in [0.29, 0.717) is 35.1 Å². The number of unbranched alkanes of at least 4 members (excludes halogenated alkanes) is 2. The van der Waals surface area contributed by atoms with E-state index >= 15 is 0 Å². The third kappa shape index (κ3) is 6.50. The zero-order valence-corrected chi connectivity index (χ0v) is 24.7. The summed E-state index contributed by atoms with van der Waals surface area (Å²) < 4.78 is 0. The molecule has 0 radical (unpaired) electrons. The molecule has 2 aromatic rings. The average Bonchev–Trinajstić information content (AvgIpc) is 3.23. The number of oxime groups is 2. The molecule has 0 N–H and O–H groups in total. The van der Waals surface area contributed by atoms with Crippen LogP contribution in [0.4, 0.5) is 5.69 Å². The van der Waals surface area contributed by atoms with Crippen LogP contribution in [0.3, 0.4) is 0 Å². The molecule has 42 heavy (non-hydrogen) atoms. The van der Waals surface area contributed by atoms with Gasteiger partial charge in [-0.1, -0.05) is 62.0 Å². The number of rotatable bonds is 13. The van der Waals surface area contributed by atoms with Gasteiger partial charge in [0.25, 0.3) is 5.69 Å². The molecule has 11 heteroatoms. The summed E-state index contributed by atoms with van der Waals surface area (Å²) in [6.45, 7) is 9.25. The zero-order chi connectivity index (χ0) is 31.2. The molecule has 1 aliphatic rings. The van der Waals surface area contributed by atoms with Crippen LogP contribution in [0.2, 0.25) is 0 Å². The van der Waals surface area contributed by atoms with Gasteiger partial charge in [0, 0.05) is 36.5 Å². The number of nitrogens with zero attached hydrogens (tertiary/aromatic N) is 3. The molecule has 0 heterocycles. The van der Waals surface area contributed by atoms with Crippen molar-refractivity contribution in [2.24, 2.45) is 10.3 Å². The smallest absolute Gasteiger partial charge is 0.318 e. The highest BCUT2D eigenvalue weighted by Crippen LogP contribution is 2.57. The fourth-order valence-electron chi connectivity index (χ4n) is 5.39. The number of Topliss-reactive ketones (excluding diaryl/α,β-unsaturated/α-hetero) is 2. The highest BCUT2D eigenvalue weighted by Gasteiger charge is 2.46. The molecule has 3 rings (SSSR count). The first-order valence-electron chi connectivity index (χ1n) is 13.9. The molecule has 0 spiro atoms. The predicted octanol–water partition coefficient (Wildman–Crippen LogP) is 6.49. The Balaban J connectivity index is 2.32. The molecule has 0 unspecified atom stereocenters. The van der Waals surface area contributed by atoms with Gasteiger partial charge in [-0.2, -0.15) is 0 Å². The fraction of sp³-hybridized carbons (Fsp3) is 0.419. The number of hydrogen-bond acceptors (Lipinski definition) is 10. The molecule has 0 bridgehead atoms. The van der Waals surface area contributed by atoms with Crippen molar-refractivity contribution in [3.8, 4) is 11.1 Å². The number of hydrogen-bond donors (Lipinski definition) is 0. The van der Waals surface area contributed by atoms with Crippen molar-refractivity contribution in [1.82, 2.24) is 0 Å². The number of carbonyl (C=O) groups excluding carboxylic acids is 4. The first kappa shape index (κ1) is 32.0. The topological polar surface area (TPSA) is 155 Å². The molecule has 0 fully saturated rings. The Morgan fingerprint density at radius 1 is 0.786 bits per heavy atom. The Labute approximate surface area is 244 Å². The predicted molar refractivity (Wildman–Crippen MR) is 157 cm³/mol. The SMILES string of the molecule is CCCCC1(CCCC)c2cc(C(=O)/C(C)=N/OC(C)=O)ccc2-c2c([N+](=O)[O-])cc(C(=O)/C(C)=N/OC(C)=O)cc21. The van der Waals surface area contributed by atoms with E-state index in [4.69, 9.17) is 0 Å². The molecule has 1 aliphatic carbocycles. The molecule has 222 valence electrons. The highest BCUT2D eigenvalue weighted by atomic mass is 16.7. The van der Waals surface area contributed by atoms with Crippen LogP contribution in [-0.4, -0.2) is 39.9 Å². The van der Waals surface area contributed by atoms with Gasteiger partial charge in [0.05, 0.1) is 10.5 Å². The van der Waals surface area contributed by atoms with E-state index in [0.717, 1.165) is 38.2 Å². The molecule has 0 aromatic heterocycles. The minimum absolute atomic E-state index is 0.0187. The van der Waals surface area contributed by atoms with Crippen LogP contribution in [0.1, 0.15) is 112 Å². The van der Waals surface area contributed by atoms with Crippen LogP contribution in [0.15, 0.2) is 40.6 Å². The summed E-state index contributed by atoms with van der Waals surface area (Å²) in [7, 11) is 0. The summed E-state index contributed by atoms with van der Waals surface area (Å²) in [5, 5.41) is 19.7. The standard InChI is InChI=1S/C31H35N3O8/c1-7-9-13-31(14-10-8-2)25-15-22(29(37)18(3)32-41-20(5)35)11-12-24(25)28-26(31)16-23(17-27(28)34(39)40)30(38)19(4)33-42-21(6)36/h11-12,15-17H,7-10,13-14H2,1-6H3/b32-18+,33-19+. The van der Waals surface area contributed by atoms with E-state index in [1.54, 1.807) is 24.3 Å². The van der Waals surface area contributed by atoms with Crippen LogP contribution >= 0.6 is 0 Å². The van der Waals surface area contributed by atoms with Gasteiger partial charge in [0.15, 0.2) is 0 Å². The van der Waals surface area contributed by atoms with Crippen molar-refractivity contribution in [1.29, 1.82) is 0 Å². The summed E-state index contributed by atoms with van der Waals surface area (Å²) in [4.78, 5) is 70.2. The molecule has 0 amide bonds. The molecular formula is C31H35N3O8. The largest absolute Gasteiger partial charge is 0.331 e. The summed E-state index contributed by atoms with van der Waals surface area (Å²) in [6.07, 6.45) is 4.59. The quantitative estimate of drug-likeness (QED) is 0.0860. The van der Waals surface area contributed by atoms with Crippen LogP contribution < -0.4 is 0 Å². The van der Waals surface area contributed by atoms with Gasteiger partial charge in [-0.05, 0) is 55.5 Å². The second kappa shape index (κ2) is 13.4. The first-order chi connectivity index (χ1) is 19.9. The Kier molecular flexibility index (Phi) is 10.2. The number of fused-ring (bicyclic) bond motifs is 3. The number of ketones is 2. The molecule has 2 aromatic carbocycles. The highest BCUT2D eigenvalue weighted by molar-refractivity contribution is 6.45. The summed E-state index contributed by atoms with van der Waals surface area (Å²) in [5.41, 5.74) is 1.71. The van der Waals surface area contributed by atoms with Crippen LogP contribution in [-0.2, 0) is 24.7 Å². The molecule has 0 atom stereocenters. The average molecular weight is 578 g/mol. The maximum atomic E-state index is 13.3. The van der Waals surface area contributed by atoms with Crippen molar-refractivity contribution in [3.05, 3.63) is 62.7 Å². The van der Waals surface area contributed by atoms with Gasteiger partial charge in [0.1, 0.15) is 11.4 Å².